The van der Waals surface area contributed by atoms with Gasteiger partial charge in [-0.05, 0) is 43.0 Å². The highest BCUT2D eigenvalue weighted by Crippen LogP contribution is 2.19. The molecule has 0 spiro atoms. The van der Waals surface area contributed by atoms with E-state index >= 15 is 0 Å². The standard InChI is InChI=1S/C17H25N3O4S/c1-3-19-25(23,24)16-6-4-15(5-7-16)17(22)20-10-8-14(9-11-20)12-18-13(2)21/h4-7,14,19H,3,8-12H2,1-2H3,(H,18,21). The summed E-state index contributed by atoms with van der Waals surface area (Å²) in [5, 5.41) is 2.82. The van der Waals surface area contributed by atoms with E-state index in [1.807, 2.05) is 0 Å². The molecule has 1 aromatic carbocycles. The second kappa shape index (κ2) is 8.44. The maximum absolute atomic E-state index is 12.6. The van der Waals surface area contributed by atoms with Crippen LogP contribution in [0.2, 0.25) is 0 Å². The second-order valence-corrected chi connectivity index (χ2v) is 7.97. The number of nitrogens with one attached hydrogen (secondary N) is 2. The van der Waals surface area contributed by atoms with E-state index in [0.29, 0.717) is 37.7 Å². The minimum Gasteiger partial charge on any atom is -0.356 e. The van der Waals surface area contributed by atoms with Gasteiger partial charge in [0.15, 0.2) is 0 Å². The van der Waals surface area contributed by atoms with Crippen LogP contribution >= 0.6 is 0 Å². The molecule has 0 saturated carbocycles. The number of rotatable bonds is 6. The minimum absolute atomic E-state index is 0.0360. The van der Waals surface area contributed by atoms with Gasteiger partial charge in [0.25, 0.3) is 5.91 Å². The third-order valence-corrected chi connectivity index (χ3v) is 5.85. The Balaban J connectivity index is 1.94. The van der Waals surface area contributed by atoms with Crippen LogP contribution in [0.4, 0.5) is 0 Å². The number of sulfonamides is 1. The van der Waals surface area contributed by atoms with Crippen LogP contribution in [-0.2, 0) is 14.8 Å². The van der Waals surface area contributed by atoms with Crippen molar-refractivity contribution in [3.8, 4) is 0 Å². The van der Waals surface area contributed by atoms with E-state index in [-0.39, 0.29) is 16.7 Å². The van der Waals surface area contributed by atoms with Crippen molar-refractivity contribution in [2.75, 3.05) is 26.2 Å². The number of piperidine rings is 1. The predicted molar refractivity (Wildman–Crippen MR) is 94.6 cm³/mol. The SMILES string of the molecule is CCNS(=O)(=O)c1ccc(C(=O)N2CCC(CNC(C)=O)CC2)cc1. The first-order valence-electron chi connectivity index (χ1n) is 8.47. The maximum atomic E-state index is 12.6. The molecule has 0 aliphatic carbocycles. The number of nitrogens with zero attached hydrogens (tertiary/aromatic N) is 1. The predicted octanol–water partition coefficient (Wildman–Crippen LogP) is 0.973. The highest BCUT2D eigenvalue weighted by molar-refractivity contribution is 7.89. The molecule has 1 heterocycles. The summed E-state index contributed by atoms with van der Waals surface area (Å²) in [4.78, 5) is 25.4. The first-order chi connectivity index (χ1) is 11.8. The van der Waals surface area contributed by atoms with Crippen LogP contribution < -0.4 is 10.0 Å². The molecule has 2 rings (SSSR count). The van der Waals surface area contributed by atoms with Crippen molar-refractivity contribution in [3.05, 3.63) is 29.8 Å². The Labute approximate surface area is 148 Å². The largest absolute Gasteiger partial charge is 0.356 e. The molecule has 7 nitrogen and oxygen atoms in total. The zero-order valence-corrected chi connectivity index (χ0v) is 15.4. The van der Waals surface area contributed by atoms with Gasteiger partial charge in [-0.3, -0.25) is 9.59 Å². The summed E-state index contributed by atoms with van der Waals surface area (Å²) in [7, 11) is -3.51. The van der Waals surface area contributed by atoms with Crippen molar-refractivity contribution in [2.45, 2.75) is 31.6 Å². The fourth-order valence-corrected chi connectivity index (χ4v) is 3.90. The van der Waals surface area contributed by atoms with Gasteiger partial charge in [0.1, 0.15) is 0 Å². The zero-order chi connectivity index (χ0) is 18.4. The molecule has 1 aliphatic heterocycles. The average molecular weight is 367 g/mol. The second-order valence-electron chi connectivity index (χ2n) is 6.20. The Morgan fingerprint density at radius 1 is 1.16 bits per heavy atom. The molecule has 138 valence electrons. The van der Waals surface area contributed by atoms with E-state index in [9.17, 15) is 18.0 Å². The van der Waals surface area contributed by atoms with Crippen LogP contribution in [-0.4, -0.2) is 51.3 Å². The molecule has 25 heavy (non-hydrogen) atoms. The van der Waals surface area contributed by atoms with Crippen LogP contribution in [0.3, 0.4) is 0 Å². The Morgan fingerprint density at radius 2 is 1.76 bits per heavy atom. The molecule has 1 aromatic rings. The Bertz CT molecular complexity index is 708. The molecule has 0 bridgehead atoms. The van der Waals surface area contributed by atoms with Gasteiger partial charge in [-0.15, -0.1) is 0 Å². The highest BCUT2D eigenvalue weighted by Gasteiger charge is 2.24. The number of hydrogen-bond donors (Lipinski definition) is 2. The van der Waals surface area contributed by atoms with Gasteiger partial charge >= 0.3 is 0 Å². The zero-order valence-electron chi connectivity index (χ0n) is 14.6. The number of amides is 2. The van der Waals surface area contributed by atoms with E-state index in [0.717, 1.165) is 12.8 Å². The lowest BCUT2D eigenvalue weighted by atomic mass is 9.96. The average Bonchev–Trinajstić information content (AvgIpc) is 2.60. The lowest BCUT2D eigenvalue weighted by Gasteiger charge is -2.32. The van der Waals surface area contributed by atoms with Crippen molar-refractivity contribution < 1.29 is 18.0 Å². The van der Waals surface area contributed by atoms with Crippen molar-refractivity contribution in [1.29, 1.82) is 0 Å². The summed E-state index contributed by atoms with van der Waals surface area (Å²) in [5.41, 5.74) is 0.482. The molecule has 1 aliphatic rings. The van der Waals surface area contributed by atoms with Crippen molar-refractivity contribution in [2.24, 2.45) is 5.92 Å². The van der Waals surface area contributed by atoms with Gasteiger partial charge in [-0.1, -0.05) is 6.92 Å². The molecule has 0 radical (unpaired) electrons. The van der Waals surface area contributed by atoms with Gasteiger partial charge < -0.3 is 10.2 Å². The lowest BCUT2D eigenvalue weighted by Crippen LogP contribution is -2.41. The Morgan fingerprint density at radius 3 is 2.28 bits per heavy atom. The molecule has 2 amide bonds. The third-order valence-electron chi connectivity index (χ3n) is 4.29. The smallest absolute Gasteiger partial charge is 0.253 e. The summed E-state index contributed by atoms with van der Waals surface area (Å²) in [6.45, 7) is 5.45. The molecule has 0 unspecified atom stereocenters. The van der Waals surface area contributed by atoms with Gasteiger partial charge in [-0.2, -0.15) is 0 Å². The van der Waals surface area contributed by atoms with Crippen LogP contribution in [0.25, 0.3) is 0 Å². The maximum Gasteiger partial charge on any atom is 0.253 e. The lowest BCUT2D eigenvalue weighted by molar-refractivity contribution is -0.119. The topological polar surface area (TPSA) is 95.6 Å². The number of carbonyl (C=O) groups excluding carboxylic acids is 2. The fraction of sp³-hybridized carbons (Fsp3) is 0.529. The number of carbonyl (C=O) groups is 2. The van der Waals surface area contributed by atoms with Crippen LogP contribution in [0.5, 0.6) is 0 Å². The van der Waals surface area contributed by atoms with E-state index in [1.54, 1.807) is 24.0 Å². The van der Waals surface area contributed by atoms with Crippen molar-refractivity contribution >= 4 is 21.8 Å². The molecule has 8 heteroatoms. The van der Waals surface area contributed by atoms with Crippen molar-refractivity contribution in [1.82, 2.24) is 14.9 Å². The first-order valence-corrected chi connectivity index (χ1v) is 9.95. The fourth-order valence-electron chi connectivity index (χ4n) is 2.86. The van der Waals surface area contributed by atoms with Gasteiger partial charge in [0.05, 0.1) is 4.90 Å². The summed E-state index contributed by atoms with van der Waals surface area (Å²) in [6.07, 6.45) is 1.69. The summed E-state index contributed by atoms with van der Waals surface area (Å²) < 4.78 is 26.3. The number of hydrogen-bond acceptors (Lipinski definition) is 4. The van der Waals surface area contributed by atoms with Crippen LogP contribution in [0.15, 0.2) is 29.2 Å². The van der Waals surface area contributed by atoms with E-state index in [4.69, 9.17) is 0 Å². The van der Waals surface area contributed by atoms with Crippen LogP contribution in [0.1, 0.15) is 37.0 Å². The molecule has 0 aromatic heterocycles. The van der Waals surface area contributed by atoms with Crippen molar-refractivity contribution in [3.63, 3.8) is 0 Å². The quantitative estimate of drug-likeness (QED) is 0.783. The molecule has 2 N–H and O–H groups in total. The van der Waals surface area contributed by atoms with Crippen LogP contribution in [0, 0.1) is 5.92 Å². The van der Waals surface area contributed by atoms with E-state index in [1.165, 1.54) is 19.1 Å². The van der Waals surface area contributed by atoms with E-state index in [2.05, 4.69) is 10.0 Å². The molecular formula is C17H25N3O4S. The molecule has 1 fully saturated rings. The number of benzene rings is 1. The summed E-state index contributed by atoms with van der Waals surface area (Å²) >= 11 is 0. The molecular weight excluding hydrogens is 342 g/mol. The third kappa shape index (κ3) is 5.27. The Hall–Kier alpha value is -1.93. The normalized spacial score (nSPS) is 15.8. The Kier molecular flexibility index (Phi) is 6.55. The molecule has 0 atom stereocenters. The van der Waals surface area contributed by atoms with E-state index < -0.39 is 10.0 Å². The van der Waals surface area contributed by atoms with Gasteiger partial charge in [0.2, 0.25) is 15.9 Å². The van der Waals surface area contributed by atoms with Gasteiger partial charge in [-0.25, -0.2) is 13.1 Å². The first kappa shape index (κ1) is 19.4. The monoisotopic (exact) mass is 367 g/mol. The summed E-state index contributed by atoms with van der Waals surface area (Å²) in [6, 6.07) is 6.01. The number of likely N-dealkylation sites (tertiary alicyclic amines) is 1. The molecule has 1 saturated heterocycles. The summed E-state index contributed by atoms with van der Waals surface area (Å²) in [5.74, 6) is 0.261. The minimum atomic E-state index is -3.51. The highest BCUT2D eigenvalue weighted by atomic mass is 32.2. The van der Waals surface area contributed by atoms with Gasteiger partial charge in [0, 0.05) is 38.7 Å².